The highest BCUT2D eigenvalue weighted by atomic mass is 16.4. The Balaban J connectivity index is 1.82. The molecule has 1 aromatic heterocycles. The minimum atomic E-state index is 0.262. The molecule has 0 aromatic carbocycles. The van der Waals surface area contributed by atoms with E-state index in [1.54, 1.807) is 6.92 Å². The van der Waals surface area contributed by atoms with Gasteiger partial charge in [-0.25, -0.2) is 0 Å². The van der Waals surface area contributed by atoms with Gasteiger partial charge in [0.1, 0.15) is 0 Å². The Morgan fingerprint density at radius 2 is 2.00 bits per heavy atom. The Hall–Kier alpha value is -1.59. The highest BCUT2D eigenvalue weighted by Gasteiger charge is 2.23. The highest BCUT2D eigenvalue weighted by molar-refractivity contribution is 5.76. The van der Waals surface area contributed by atoms with E-state index in [1.807, 2.05) is 9.80 Å². The number of aromatic nitrogens is 2. The molecule has 0 unspecified atom stereocenters. The van der Waals surface area contributed by atoms with Gasteiger partial charge in [-0.2, -0.15) is 0 Å². The van der Waals surface area contributed by atoms with E-state index >= 15 is 0 Å². The van der Waals surface area contributed by atoms with Crippen LogP contribution < -0.4 is 4.90 Å². The summed E-state index contributed by atoms with van der Waals surface area (Å²) < 4.78 is 5.38. The number of piperazine rings is 1. The summed E-state index contributed by atoms with van der Waals surface area (Å²) in [6.45, 7) is 6.89. The fraction of sp³-hybridized carbons (Fsp3) is 0.750. The van der Waals surface area contributed by atoms with Crippen LogP contribution in [0.5, 0.6) is 0 Å². The van der Waals surface area contributed by atoms with Crippen LogP contribution in [-0.4, -0.2) is 47.2 Å². The molecule has 2 rings (SSSR count). The van der Waals surface area contributed by atoms with Crippen molar-refractivity contribution in [1.82, 2.24) is 15.1 Å². The minimum absolute atomic E-state index is 0.262. The van der Waals surface area contributed by atoms with Crippen molar-refractivity contribution in [2.45, 2.75) is 33.1 Å². The van der Waals surface area contributed by atoms with Crippen molar-refractivity contribution in [1.29, 1.82) is 0 Å². The van der Waals surface area contributed by atoms with Crippen molar-refractivity contribution in [3.8, 4) is 0 Å². The van der Waals surface area contributed by atoms with Crippen molar-refractivity contribution in [2.75, 3.05) is 31.1 Å². The summed E-state index contributed by atoms with van der Waals surface area (Å²) in [6.07, 6.45) is 2.70. The van der Waals surface area contributed by atoms with E-state index in [-0.39, 0.29) is 5.91 Å². The Morgan fingerprint density at radius 1 is 1.28 bits per heavy atom. The van der Waals surface area contributed by atoms with Crippen LogP contribution in [-0.2, 0) is 4.79 Å². The zero-order valence-corrected chi connectivity index (χ0v) is 11.1. The van der Waals surface area contributed by atoms with Crippen LogP contribution in [0.3, 0.4) is 0 Å². The molecule has 6 nitrogen and oxygen atoms in total. The molecule has 1 aliphatic heterocycles. The summed E-state index contributed by atoms with van der Waals surface area (Å²) in [4.78, 5) is 15.8. The molecule has 2 heterocycles. The molecule has 0 bridgehead atoms. The van der Waals surface area contributed by atoms with Gasteiger partial charge >= 0.3 is 6.01 Å². The molecule has 1 amide bonds. The summed E-state index contributed by atoms with van der Waals surface area (Å²) >= 11 is 0. The van der Waals surface area contributed by atoms with Crippen molar-refractivity contribution >= 4 is 11.9 Å². The quantitative estimate of drug-likeness (QED) is 0.806. The molecule has 18 heavy (non-hydrogen) atoms. The predicted molar refractivity (Wildman–Crippen MR) is 67.4 cm³/mol. The first-order chi connectivity index (χ1) is 8.70. The number of nitrogens with zero attached hydrogens (tertiary/aromatic N) is 4. The van der Waals surface area contributed by atoms with Crippen molar-refractivity contribution in [2.24, 2.45) is 0 Å². The maximum atomic E-state index is 11.9. The SMILES string of the molecule is CCCCC(=O)N1CCN(c2nnc(C)o2)CC1. The van der Waals surface area contributed by atoms with Crippen LogP contribution >= 0.6 is 0 Å². The summed E-state index contributed by atoms with van der Waals surface area (Å²) in [6, 6.07) is 0.563. The third-order valence-corrected chi connectivity index (χ3v) is 3.16. The molecular formula is C12H20N4O2. The number of amides is 1. The molecule has 100 valence electrons. The largest absolute Gasteiger partial charge is 0.408 e. The second-order valence-electron chi connectivity index (χ2n) is 4.58. The van der Waals surface area contributed by atoms with Crippen LogP contribution in [0.4, 0.5) is 6.01 Å². The minimum Gasteiger partial charge on any atom is -0.408 e. The predicted octanol–water partition coefficient (Wildman–Crippen LogP) is 1.22. The molecule has 0 aliphatic carbocycles. The van der Waals surface area contributed by atoms with Gasteiger partial charge in [-0.1, -0.05) is 18.4 Å². The maximum absolute atomic E-state index is 11.9. The Kier molecular flexibility index (Phi) is 4.17. The molecule has 0 saturated carbocycles. The number of unbranched alkanes of at least 4 members (excludes halogenated alkanes) is 1. The Labute approximate surface area is 107 Å². The lowest BCUT2D eigenvalue weighted by molar-refractivity contribution is -0.131. The van der Waals surface area contributed by atoms with Gasteiger partial charge < -0.3 is 14.2 Å². The number of carbonyl (C=O) groups excluding carboxylic acids is 1. The zero-order valence-electron chi connectivity index (χ0n) is 11.1. The molecule has 1 aliphatic rings. The first-order valence-corrected chi connectivity index (χ1v) is 6.53. The molecule has 0 N–H and O–H groups in total. The number of aryl methyl sites for hydroxylation is 1. The number of carbonyl (C=O) groups is 1. The van der Waals surface area contributed by atoms with Crippen LogP contribution in [0.15, 0.2) is 4.42 Å². The Bertz CT molecular complexity index is 397. The monoisotopic (exact) mass is 252 g/mol. The second kappa shape index (κ2) is 5.84. The lowest BCUT2D eigenvalue weighted by Gasteiger charge is -2.33. The first-order valence-electron chi connectivity index (χ1n) is 6.53. The van der Waals surface area contributed by atoms with Crippen LogP contribution in [0.25, 0.3) is 0 Å². The van der Waals surface area contributed by atoms with E-state index in [4.69, 9.17) is 4.42 Å². The number of anilines is 1. The fourth-order valence-corrected chi connectivity index (χ4v) is 2.05. The average molecular weight is 252 g/mol. The highest BCUT2D eigenvalue weighted by Crippen LogP contribution is 2.14. The van der Waals surface area contributed by atoms with E-state index < -0.39 is 0 Å². The van der Waals surface area contributed by atoms with Crippen molar-refractivity contribution in [3.05, 3.63) is 5.89 Å². The van der Waals surface area contributed by atoms with Gasteiger partial charge in [0, 0.05) is 39.5 Å². The van der Waals surface area contributed by atoms with Gasteiger partial charge in [0.25, 0.3) is 0 Å². The van der Waals surface area contributed by atoms with Crippen molar-refractivity contribution in [3.63, 3.8) is 0 Å². The number of rotatable bonds is 4. The Morgan fingerprint density at radius 3 is 2.56 bits per heavy atom. The maximum Gasteiger partial charge on any atom is 0.318 e. The van der Waals surface area contributed by atoms with Gasteiger partial charge in [-0.3, -0.25) is 4.79 Å². The third-order valence-electron chi connectivity index (χ3n) is 3.16. The topological polar surface area (TPSA) is 62.5 Å². The normalized spacial score (nSPS) is 16.1. The zero-order chi connectivity index (χ0) is 13.0. The second-order valence-corrected chi connectivity index (χ2v) is 4.58. The summed E-state index contributed by atoms with van der Waals surface area (Å²) in [7, 11) is 0. The number of hydrogen-bond donors (Lipinski definition) is 0. The first kappa shape index (κ1) is 12.9. The van der Waals surface area contributed by atoms with Gasteiger partial charge in [-0.15, -0.1) is 5.10 Å². The summed E-state index contributed by atoms with van der Waals surface area (Å²) in [5, 5.41) is 7.81. The van der Waals surface area contributed by atoms with E-state index in [2.05, 4.69) is 17.1 Å². The third kappa shape index (κ3) is 3.00. The number of hydrogen-bond acceptors (Lipinski definition) is 5. The molecule has 1 saturated heterocycles. The van der Waals surface area contributed by atoms with E-state index in [1.165, 1.54) is 0 Å². The van der Waals surface area contributed by atoms with Crippen LogP contribution in [0.1, 0.15) is 32.1 Å². The lowest BCUT2D eigenvalue weighted by atomic mass is 10.2. The standard InChI is InChI=1S/C12H20N4O2/c1-3-4-5-11(17)15-6-8-16(9-7-15)12-14-13-10(2)18-12/h3-9H2,1-2H3. The molecule has 0 radical (unpaired) electrons. The lowest BCUT2D eigenvalue weighted by Crippen LogP contribution is -2.48. The van der Waals surface area contributed by atoms with Crippen LogP contribution in [0.2, 0.25) is 0 Å². The van der Waals surface area contributed by atoms with E-state index in [0.29, 0.717) is 18.3 Å². The summed E-state index contributed by atoms with van der Waals surface area (Å²) in [5.41, 5.74) is 0. The van der Waals surface area contributed by atoms with Gasteiger partial charge in [0.15, 0.2) is 0 Å². The smallest absolute Gasteiger partial charge is 0.318 e. The molecule has 1 fully saturated rings. The summed E-state index contributed by atoms with van der Waals surface area (Å²) in [5.74, 6) is 0.838. The average Bonchev–Trinajstić information content (AvgIpc) is 2.83. The van der Waals surface area contributed by atoms with Gasteiger partial charge in [0.05, 0.1) is 0 Å². The fourth-order valence-electron chi connectivity index (χ4n) is 2.05. The van der Waals surface area contributed by atoms with Gasteiger partial charge in [0.2, 0.25) is 11.8 Å². The molecule has 1 aromatic rings. The van der Waals surface area contributed by atoms with E-state index in [0.717, 1.165) is 39.0 Å². The van der Waals surface area contributed by atoms with E-state index in [9.17, 15) is 4.79 Å². The molecular weight excluding hydrogens is 232 g/mol. The van der Waals surface area contributed by atoms with Gasteiger partial charge in [-0.05, 0) is 6.42 Å². The molecule has 6 heteroatoms. The molecule has 0 spiro atoms. The van der Waals surface area contributed by atoms with Crippen LogP contribution in [0, 0.1) is 6.92 Å². The molecule has 0 atom stereocenters. The van der Waals surface area contributed by atoms with Crippen molar-refractivity contribution < 1.29 is 9.21 Å².